The third-order valence-electron chi connectivity index (χ3n) is 3.63. The SMILES string of the molecule is CC1CCCCC1NC(=O)N/C=C/C1CC1. The molecule has 2 fully saturated rings. The molecule has 2 atom stereocenters. The van der Waals surface area contributed by atoms with Gasteiger partial charge in [-0.3, -0.25) is 0 Å². The maximum Gasteiger partial charge on any atom is 0.318 e. The highest BCUT2D eigenvalue weighted by Gasteiger charge is 2.22. The molecule has 16 heavy (non-hydrogen) atoms. The number of allylic oxidation sites excluding steroid dienone is 1. The molecule has 0 aromatic heterocycles. The van der Waals surface area contributed by atoms with E-state index >= 15 is 0 Å². The largest absolute Gasteiger partial charge is 0.335 e. The van der Waals surface area contributed by atoms with Crippen LogP contribution in [0, 0.1) is 11.8 Å². The highest BCUT2D eigenvalue weighted by atomic mass is 16.2. The Balaban J connectivity index is 1.68. The zero-order valence-electron chi connectivity index (χ0n) is 10.0. The molecule has 0 radical (unpaired) electrons. The van der Waals surface area contributed by atoms with Crippen LogP contribution in [0.1, 0.15) is 45.4 Å². The Kier molecular flexibility index (Phi) is 3.86. The van der Waals surface area contributed by atoms with E-state index in [4.69, 9.17) is 0 Å². The number of hydrogen-bond acceptors (Lipinski definition) is 1. The Labute approximate surface area is 97.7 Å². The summed E-state index contributed by atoms with van der Waals surface area (Å²) in [6.07, 6.45) is 11.4. The van der Waals surface area contributed by atoms with Crippen molar-refractivity contribution in [2.24, 2.45) is 11.8 Å². The predicted octanol–water partition coefficient (Wildman–Crippen LogP) is 2.79. The van der Waals surface area contributed by atoms with Crippen LogP contribution < -0.4 is 10.6 Å². The van der Waals surface area contributed by atoms with Gasteiger partial charge in [-0.15, -0.1) is 0 Å². The fraction of sp³-hybridized carbons (Fsp3) is 0.769. The summed E-state index contributed by atoms with van der Waals surface area (Å²) in [4.78, 5) is 11.6. The van der Waals surface area contributed by atoms with Gasteiger partial charge in [-0.25, -0.2) is 4.79 Å². The monoisotopic (exact) mass is 222 g/mol. The molecule has 90 valence electrons. The van der Waals surface area contributed by atoms with Crippen molar-refractivity contribution in [1.82, 2.24) is 10.6 Å². The molecule has 2 rings (SSSR count). The second-order valence-electron chi connectivity index (χ2n) is 5.18. The summed E-state index contributed by atoms with van der Waals surface area (Å²) in [5.74, 6) is 1.33. The summed E-state index contributed by atoms with van der Waals surface area (Å²) in [6, 6.07) is 0.318. The van der Waals surface area contributed by atoms with Crippen molar-refractivity contribution >= 4 is 6.03 Å². The van der Waals surface area contributed by atoms with Crippen molar-refractivity contribution in [3.05, 3.63) is 12.3 Å². The first-order valence-electron chi connectivity index (χ1n) is 6.49. The first-order chi connectivity index (χ1) is 7.75. The summed E-state index contributed by atoms with van der Waals surface area (Å²) in [6.45, 7) is 2.23. The second kappa shape index (κ2) is 5.37. The Hall–Kier alpha value is -0.990. The van der Waals surface area contributed by atoms with Gasteiger partial charge in [-0.2, -0.15) is 0 Å². The number of hydrogen-bond donors (Lipinski definition) is 2. The van der Waals surface area contributed by atoms with Crippen LogP contribution >= 0.6 is 0 Å². The molecule has 2 N–H and O–H groups in total. The molecule has 0 aromatic carbocycles. The molecular weight excluding hydrogens is 200 g/mol. The van der Waals surface area contributed by atoms with E-state index in [0.717, 1.165) is 6.42 Å². The van der Waals surface area contributed by atoms with Gasteiger partial charge in [0.1, 0.15) is 0 Å². The van der Waals surface area contributed by atoms with Gasteiger partial charge in [0.15, 0.2) is 0 Å². The first-order valence-corrected chi connectivity index (χ1v) is 6.49. The van der Waals surface area contributed by atoms with Crippen molar-refractivity contribution < 1.29 is 4.79 Å². The zero-order chi connectivity index (χ0) is 11.4. The summed E-state index contributed by atoms with van der Waals surface area (Å²) < 4.78 is 0. The summed E-state index contributed by atoms with van der Waals surface area (Å²) in [7, 11) is 0. The molecule has 2 amide bonds. The minimum Gasteiger partial charge on any atom is -0.335 e. The molecule has 3 heteroatoms. The predicted molar refractivity (Wildman–Crippen MR) is 65.0 cm³/mol. The summed E-state index contributed by atoms with van der Waals surface area (Å²) in [5.41, 5.74) is 0. The average Bonchev–Trinajstić information content (AvgIpc) is 3.05. The fourth-order valence-corrected chi connectivity index (χ4v) is 2.29. The minimum atomic E-state index is -0.0457. The smallest absolute Gasteiger partial charge is 0.318 e. The highest BCUT2D eigenvalue weighted by molar-refractivity contribution is 5.75. The van der Waals surface area contributed by atoms with Crippen molar-refractivity contribution in [3.8, 4) is 0 Å². The van der Waals surface area contributed by atoms with E-state index in [1.54, 1.807) is 6.20 Å². The lowest BCUT2D eigenvalue weighted by molar-refractivity contribution is 0.225. The number of urea groups is 1. The Bertz CT molecular complexity index is 271. The van der Waals surface area contributed by atoms with Gasteiger partial charge in [-0.05, 0) is 37.5 Å². The zero-order valence-corrected chi connectivity index (χ0v) is 10.0. The first kappa shape index (κ1) is 11.5. The van der Waals surface area contributed by atoms with Gasteiger partial charge in [0, 0.05) is 12.2 Å². The lowest BCUT2D eigenvalue weighted by Crippen LogP contribution is -2.44. The molecule has 3 nitrogen and oxygen atoms in total. The number of nitrogens with one attached hydrogen (secondary N) is 2. The van der Waals surface area contributed by atoms with Crippen molar-refractivity contribution in [1.29, 1.82) is 0 Å². The number of carbonyl (C=O) groups is 1. The Morgan fingerprint density at radius 3 is 2.62 bits per heavy atom. The molecule has 2 aliphatic rings. The van der Waals surface area contributed by atoms with Crippen LogP contribution in [0.4, 0.5) is 4.79 Å². The molecular formula is C13H22N2O. The van der Waals surface area contributed by atoms with Gasteiger partial charge in [0.05, 0.1) is 0 Å². The van der Waals surface area contributed by atoms with E-state index < -0.39 is 0 Å². The molecule has 2 unspecified atom stereocenters. The van der Waals surface area contributed by atoms with E-state index in [0.29, 0.717) is 17.9 Å². The molecule has 0 aliphatic heterocycles. The van der Waals surface area contributed by atoms with Crippen LogP contribution in [0.5, 0.6) is 0 Å². The second-order valence-corrected chi connectivity index (χ2v) is 5.18. The van der Waals surface area contributed by atoms with Gasteiger partial charge in [0.2, 0.25) is 0 Å². The maximum absolute atomic E-state index is 11.6. The number of amides is 2. The molecule has 2 saturated carbocycles. The molecule has 0 spiro atoms. The minimum absolute atomic E-state index is 0.0457. The van der Waals surface area contributed by atoms with E-state index in [-0.39, 0.29) is 6.03 Å². The van der Waals surface area contributed by atoms with Crippen LogP contribution in [0.2, 0.25) is 0 Å². The van der Waals surface area contributed by atoms with Crippen LogP contribution in [0.3, 0.4) is 0 Å². The van der Waals surface area contributed by atoms with E-state index in [1.807, 2.05) is 0 Å². The van der Waals surface area contributed by atoms with Crippen LogP contribution in [-0.2, 0) is 0 Å². The van der Waals surface area contributed by atoms with Crippen molar-refractivity contribution in [2.75, 3.05) is 0 Å². The fourth-order valence-electron chi connectivity index (χ4n) is 2.29. The van der Waals surface area contributed by atoms with Crippen LogP contribution in [-0.4, -0.2) is 12.1 Å². The lowest BCUT2D eigenvalue weighted by atomic mass is 9.86. The Morgan fingerprint density at radius 2 is 1.94 bits per heavy atom. The van der Waals surface area contributed by atoms with E-state index in [9.17, 15) is 4.79 Å². The third kappa shape index (κ3) is 3.54. The van der Waals surface area contributed by atoms with Crippen molar-refractivity contribution in [2.45, 2.75) is 51.5 Å². The third-order valence-corrected chi connectivity index (χ3v) is 3.63. The quantitative estimate of drug-likeness (QED) is 0.757. The summed E-state index contributed by atoms with van der Waals surface area (Å²) in [5, 5.41) is 5.85. The molecule has 0 saturated heterocycles. The topological polar surface area (TPSA) is 41.1 Å². The lowest BCUT2D eigenvalue weighted by Gasteiger charge is -2.29. The average molecular weight is 222 g/mol. The van der Waals surface area contributed by atoms with E-state index in [1.165, 1.54) is 32.1 Å². The summed E-state index contributed by atoms with van der Waals surface area (Å²) >= 11 is 0. The molecule has 0 bridgehead atoms. The van der Waals surface area contributed by atoms with E-state index in [2.05, 4.69) is 23.6 Å². The molecule has 0 aromatic rings. The highest BCUT2D eigenvalue weighted by Crippen LogP contribution is 2.29. The Morgan fingerprint density at radius 1 is 1.19 bits per heavy atom. The van der Waals surface area contributed by atoms with Gasteiger partial charge in [-0.1, -0.05) is 25.8 Å². The molecule has 2 aliphatic carbocycles. The standard InChI is InChI=1S/C13H22N2O/c1-10-4-2-3-5-12(10)15-13(16)14-9-8-11-6-7-11/h8-12H,2-7H2,1H3,(H2,14,15,16)/b9-8+. The normalized spacial score (nSPS) is 30.3. The maximum atomic E-state index is 11.6. The van der Waals surface area contributed by atoms with Gasteiger partial charge < -0.3 is 10.6 Å². The van der Waals surface area contributed by atoms with Gasteiger partial charge >= 0.3 is 6.03 Å². The number of carbonyl (C=O) groups excluding carboxylic acids is 1. The van der Waals surface area contributed by atoms with Crippen LogP contribution in [0.25, 0.3) is 0 Å². The molecule has 0 heterocycles. The van der Waals surface area contributed by atoms with Crippen molar-refractivity contribution in [3.63, 3.8) is 0 Å². The van der Waals surface area contributed by atoms with Gasteiger partial charge in [0.25, 0.3) is 0 Å². The number of rotatable bonds is 3. The van der Waals surface area contributed by atoms with Crippen LogP contribution in [0.15, 0.2) is 12.3 Å².